The number of nitrogens with zero attached hydrogens (tertiary/aromatic N) is 3. The molecule has 0 fully saturated rings. The molecule has 0 spiro atoms. The smallest absolute Gasteiger partial charge is 0.150 e. The Morgan fingerprint density at radius 1 is 1.16 bits per heavy atom. The summed E-state index contributed by atoms with van der Waals surface area (Å²) in [6.07, 6.45) is 1.73. The Hall–Kier alpha value is -2.81. The Morgan fingerprint density at radius 3 is 2.80 bits per heavy atom. The van der Waals surface area contributed by atoms with E-state index in [-0.39, 0.29) is 0 Å². The van der Waals surface area contributed by atoms with Gasteiger partial charge in [-0.15, -0.1) is 11.3 Å². The first-order valence-electron chi connectivity index (χ1n) is 7.58. The second kappa shape index (κ2) is 6.60. The molecule has 0 bridgehead atoms. The van der Waals surface area contributed by atoms with Crippen LogP contribution >= 0.6 is 22.9 Å². The predicted molar refractivity (Wildman–Crippen MR) is 99.4 cm³/mol. The van der Waals surface area contributed by atoms with Gasteiger partial charge in [0.1, 0.15) is 28.9 Å². The van der Waals surface area contributed by atoms with E-state index in [2.05, 4.69) is 11.1 Å². The van der Waals surface area contributed by atoms with Crippen molar-refractivity contribution < 1.29 is 4.74 Å². The van der Waals surface area contributed by atoms with Crippen molar-refractivity contribution in [2.45, 2.75) is 6.61 Å². The van der Waals surface area contributed by atoms with Gasteiger partial charge >= 0.3 is 0 Å². The van der Waals surface area contributed by atoms with Crippen LogP contribution in [-0.4, -0.2) is 9.55 Å². The number of hydrogen-bond donors (Lipinski definition) is 0. The number of ether oxygens (including phenoxy) is 1. The predicted octanol–water partition coefficient (Wildman–Crippen LogP) is 5.19. The van der Waals surface area contributed by atoms with Crippen LogP contribution in [0.2, 0.25) is 5.02 Å². The molecule has 0 radical (unpaired) electrons. The highest BCUT2D eigenvalue weighted by atomic mass is 35.5. The van der Waals surface area contributed by atoms with E-state index in [1.54, 1.807) is 6.33 Å². The summed E-state index contributed by atoms with van der Waals surface area (Å²) in [6.45, 7) is 0.423. The summed E-state index contributed by atoms with van der Waals surface area (Å²) < 4.78 is 7.79. The van der Waals surface area contributed by atoms with Gasteiger partial charge in [-0.25, -0.2) is 4.98 Å². The minimum atomic E-state index is 0.423. The molecule has 0 atom stereocenters. The molecule has 0 N–H and O–H groups in total. The quantitative estimate of drug-likeness (QED) is 0.500. The fraction of sp³-hybridized carbons (Fsp3) is 0.0526. The van der Waals surface area contributed by atoms with Crippen LogP contribution in [-0.2, 0) is 6.61 Å². The van der Waals surface area contributed by atoms with Gasteiger partial charge in [-0.1, -0.05) is 41.9 Å². The number of hydrogen-bond acceptors (Lipinski definition) is 4. The number of rotatable bonds is 4. The lowest BCUT2D eigenvalue weighted by Gasteiger charge is -2.04. The number of nitriles is 1. The number of aromatic nitrogens is 2. The topological polar surface area (TPSA) is 50.8 Å². The Labute approximate surface area is 153 Å². The SMILES string of the molecule is N#Cc1sc(-n2cnc3cc(Cl)ccc32)cc1OCc1ccccc1. The molecule has 0 aliphatic carbocycles. The molecule has 0 aliphatic heterocycles. The van der Waals surface area contributed by atoms with E-state index in [1.807, 2.05) is 59.2 Å². The molecular weight excluding hydrogens is 354 g/mol. The summed E-state index contributed by atoms with van der Waals surface area (Å²) in [7, 11) is 0. The van der Waals surface area contributed by atoms with Crippen molar-refractivity contribution in [3.05, 3.63) is 76.4 Å². The maximum atomic E-state index is 9.41. The van der Waals surface area contributed by atoms with Gasteiger partial charge in [0, 0.05) is 11.1 Å². The minimum Gasteiger partial charge on any atom is -0.487 e. The monoisotopic (exact) mass is 365 g/mol. The molecule has 0 amide bonds. The van der Waals surface area contributed by atoms with E-state index >= 15 is 0 Å². The van der Waals surface area contributed by atoms with Gasteiger partial charge in [-0.3, -0.25) is 4.57 Å². The average Bonchev–Trinajstić information content (AvgIpc) is 3.23. The molecule has 4 aromatic rings. The molecule has 2 aromatic heterocycles. The maximum absolute atomic E-state index is 9.41. The van der Waals surface area contributed by atoms with Gasteiger partial charge in [-0.2, -0.15) is 5.26 Å². The fourth-order valence-corrected chi connectivity index (χ4v) is 3.61. The van der Waals surface area contributed by atoms with Crippen LogP contribution < -0.4 is 4.74 Å². The third-order valence-corrected chi connectivity index (χ3v) is 5.03. The number of fused-ring (bicyclic) bond motifs is 1. The molecule has 0 aliphatic rings. The van der Waals surface area contributed by atoms with Crippen molar-refractivity contribution in [1.29, 1.82) is 5.26 Å². The summed E-state index contributed by atoms with van der Waals surface area (Å²) in [5.74, 6) is 0.585. The van der Waals surface area contributed by atoms with Crippen LogP contribution in [0.1, 0.15) is 10.4 Å². The second-order valence-electron chi connectivity index (χ2n) is 5.41. The van der Waals surface area contributed by atoms with Crippen LogP contribution in [0.5, 0.6) is 5.75 Å². The molecule has 0 saturated carbocycles. The first kappa shape index (κ1) is 15.7. The summed E-state index contributed by atoms with van der Waals surface area (Å²) in [5, 5.41) is 10.9. The summed E-state index contributed by atoms with van der Waals surface area (Å²) >= 11 is 7.39. The van der Waals surface area contributed by atoms with Gasteiger partial charge in [0.05, 0.1) is 11.0 Å². The lowest BCUT2D eigenvalue weighted by atomic mass is 10.2. The molecule has 6 heteroatoms. The van der Waals surface area contributed by atoms with Crippen LogP contribution in [0.3, 0.4) is 0 Å². The van der Waals surface area contributed by atoms with Crippen LogP contribution in [0, 0.1) is 11.3 Å². The zero-order valence-electron chi connectivity index (χ0n) is 13.0. The number of halogens is 1. The zero-order chi connectivity index (χ0) is 17.2. The summed E-state index contributed by atoms with van der Waals surface area (Å²) in [5.41, 5.74) is 2.80. The van der Waals surface area contributed by atoms with E-state index in [0.717, 1.165) is 21.6 Å². The first-order valence-corrected chi connectivity index (χ1v) is 8.77. The highest BCUT2D eigenvalue weighted by Crippen LogP contribution is 2.34. The molecular formula is C19H12ClN3OS. The second-order valence-corrected chi connectivity index (χ2v) is 6.88. The third-order valence-electron chi connectivity index (χ3n) is 3.77. The van der Waals surface area contributed by atoms with E-state index in [1.165, 1.54) is 11.3 Å². The molecule has 0 unspecified atom stereocenters. The first-order chi connectivity index (χ1) is 12.2. The Morgan fingerprint density at radius 2 is 2.00 bits per heavy atom. The summed E-state index contributed by atoms with van der Waals surface area (Å²) in [6, 6.07) is 19.5. The highest BCUT2D eigenvalue weighted by molar-refractivity contribution is 7.15. The fourth-order valence-electron chi connectivity index (χ4n) is 2.56. The van der Waals surface area contributed by atoms with Crippen molar-refractivity contribution >= 4 is 34.0 Å². The van der Waals surface area contributed by atoms with E-state index in [0.29, 0.717) is 22.3 Å². The van der Waals surface area contributed by atoms with Gasteiger partial charge in [0.15, 0.2) is 5.75 Å². The number of benzene rings is 2. The van der Waals surface area contributed by atoms with Gasteiger partial charge in [-0.05, 0) is 23.8 Å². The highest BCUT2D eigenvalue weighted by Gasteiger charge is 2.14. The average molecular weight is 366 g/mol. The van der Waals surface area contributed by atoms with Crippen LogP contribution in [0.15, 0.2) is 60.9 Å². The largest absolute Gasteiger partial charge is 0.487 e. The van der Waals surface area contributed by atoms with E-state index in [9.17, 15) is 5.26 Å². The van der Waals surface area contributed by atoms with Crippen molar-refractivity contribution in [2.75, 3.05) is 0 Å². The van der Waals surface area contributed by atoms with Crippen molar-refractivity contribution in [2.24, 2.45) is 0 Å². The molecule has 25 heavy (non-hydrogen) atoms. The van der Waals surface area contributed by atoms with E-state index in [4.69, 9.17) is 16.3 Å². The lowest BCUT2D eigenvalue weighted by molar-refractivity contribution is 0.307. The number of thiophene rings is 1. The van der Waals surface area contributed by atoms with Crippen LogP contribution in [0.25, 0.3) is 16.0 Å². The van der Waals surface area contributed by atoms with Crippen molar-refractivity contribution in [3.8, 4) is 16.8 Å². The zero-order valence-corrected chi connectivity index (χ0v) is 14.6. The Bertz CT molecular complexity index is 1080. The van der Waals surface area contributed by atoms with Gasteiger partial charge in [0.25, 0.3) is 0 Å². The Kier molecular flexibility index (Phi) is 4.14. The van der Waals surface area contributed by atoms with Crippen LogP contribution in [0.4, 0.5) is 0 Å². The normalized spacial score (nSPS) is 10.7. The molecule has 2 aromatic carbocycles. The third kappa shape index (κ3) is 3.10. The molecule has 4 rings (SSSR count). The standard InChI is InChI=1S/C19H12ClN3OS/c20-14-6-7-16-15(8-14)22-12-23(16)19-9-17(18(10-21)25-19)24-11-13-4-2-1-3-5-13/h1-9,12H,11H2. The maximum Gasteiger partial charge on any atom is 0.150 e. The number of imidazole rings is 1. The van der Waals surface area contributed by atoms with E-state index < -0.39 is 0 Å². The molecule has 0 saturated heterocycles. The minimum absolute atomic E-state index is 0.423. The molecule has 122 valence electrons. The Balaban J connectivity index is 1.67. The van der Waals surface area contributed by atoms with Gasteiger partial charge in [0.2, 0.25) is 0 Å². The van der Waals surface area contributed by atoms with Crippen molar-refractivity contribution in [1.82, 2.24) is 9.55 Å². The van der Waals surface area contributed by atoms with Crippen molar-refractivity contribution in [3.63, 3.8) is 0 Å². The molecule has 2 heterocycles. The van der Waals surface area contributed by atoms with Gasteiger partial charge < -0.3 is 4.74 Å². The summed E-state index contributed by atoms with van der Waals surface area (Å²) in [4.78, 5) is 4.92. The molecule has 4 nitrogen and oxygen atoms in total. The lowest BCUT2D eigenvalue weighted by Crippen LogP contribution is -1.95.